The lowest BCUT2D eigenvalue weighted by Gasteiger charge is -2.10. The molecular weight excluding hydrogens is 384 g/mol. The minimum absolute atomic E-state index is 0.259. The molecule has 1 aliphatic rings. The first-order valence-corrected chi connectivity index (χ1v) is 9.84. The summed E-state index contributed by atoms with van der Waals surface area (Å²) < 4.78 is 21.9. The van der Waals surface area contributed by atoms with Crippen LogP contribution in [0.25, 0.3) is 16.5 Å². The summed E-state index contributed by atoms with van der Waals surface area (Å²) in [6.45, 7) is 3.12. The third-order valence-electron chi connectivity index (χ3n) is 5.22. The number of hydrogen-bond acceptors (Lipinski definition) is 6. The monoisotopic (exact) mass is 409 g/mol. The van der Waals surface area contributed by atoms with Crippen LogP contribution in [0.3, 0.4) is 0 Å². The van der Waals surface area contributed by atoms with E-state index < -0.39 is 5.63 Å². The van der Waals surface area contributed by atoms with E-state index in [-0.39, 0.29) is 6.79 Å². The van der Waals surface area contributed by atoms with Gasteiger partial charge in [0.15, 0.2) is 17.2 Å². The van der Waals surface area contributed by atoms with Gasteiger partial charge in [-0.05, 0) is 55.2 Å². The molecule has 0 unspecified atom stereocenters. The van der Waals surface area contributed by atoms with Gasteiger partial charge in [-0.15, -0.1) is 0 Å². The lowest BCUT2D eigenvalue weighted by atomic mass is 10.0. The van der Waals surface area contributed by atoms with Crippen molar-refractivity contribution in [2.75, 3.05) is 13.4 Å². The Morgan fingerprint density at radius 3 is 2.83 bits per heavy atom. The summed E-state index contributed by atoms with van der Waals surface area (Å²) >= 11 is 0. The number of para-hydroxylation sites is 1. The molecule has 1 aromatic heterocycles. The van der Waals surface area contributed by atoms with Crippen LogP contribution < -0.4 is 26.6 Å². The van der Waals surface area contributed by atoms with Gasteiger partial charge in [0.05, 0.1) is 12.0 Å². The van der Waals surface area contributed by atoms with Crippen molar-refractivity contribution in [2.45, 2.75) is 26.4 Å². The van der Waals surface area contributed by atoms with Gasteiger partial charge in [-0.25, -0.2) is 4.79 Å². The average molecular weight is 409 g/mol. The first-order chi connectivity index (χ1) is 14.5. The number of fused-ring (bicyclic) bond motifs is 2. The third kappa shape index (κ3) is 4.03. The Labute approximate surface area is 173 Å². The molecule has 0 atom stereocenters. The highest BCUT2D eigenvalue weighted by Gasteiger charge is 2.18. The van der Waals surface area contributed by atoms with Crippen molar-refractivity contribution in [3.05, 3.63) is 69.7 Å². The van der Waals surface area contributed by atoms with Crippen molar-refractivity contribution >= 4 is 22.2 Å². The Morgan fingerprint density at radius 2 is 1.97 bits per heavy atom. The molecule has 2 heterocycles. The maximum atomic E-state index is 12.5. The van der Waals surface area contributed by atoms with Crippen LogP contribution in [-0.4, -0.2) is 13.4 Å². The second-order valence-corrected chi connectivity index (χ2v) is 7.23. The van der Waals surface area contributed by atoms with Crippen LogP contribution >= 0.6 is 0 Å². The summed E-state index contributed by atoms with van der Waals surface area (Å²) in [7, 11) is 0. The van der Waals surface area contributed by atoms with Gasteiger partial charge in [-0.3, -0.25) is 0 Å². The van der Waals surface area contributed by atoms with Crippen molar-refractivity contribution in [1.29, 1.82) is 0 Å². The fraction of sp³-hybridized carbons (Fsp3) is 0.261. The molecular formula is C23H25N2O5+. The van der Waals surface area contributed by atoms with Crippen LogP contribution in [0, 0.1) is 0 Å². The summed E-state index contributed by atoms with van der Waals surface area (Å²) in [6.07, 6.45) is 1.35. The Bertz CT molecular complexity index is 1170. The van der Waals surface area contributed by atoms with Crippen molar-refractivity contribution < 1.29 is 24.4 Å². The van der Waals surface area contributed by atoms with Crippen LogP contribution in [0.2, 0.25) is 0 Å². The van der Waals surface area contributed by atoms with Gasteiger partial charge < -0.3 is 30.1 Å². The van der Waals surface area contributed by atoms with E-state index in [1.807, 2.05) is 43.3 Å². The van der Waals surface area contributed by atoms with E-state index in [9.17, 15) is 4.79 Å². The summed E-state index contributed by atoms with van der Waals surface area (Å²) in [6, 6.07) is 13.1. The molecule has 0 amide bonds. The highest BCUT2D eigenvalue weighted by Crippen LogP contribution is 2.32. The number of benzene rings is 2. The Balaban J connectivity index is 1.37. The second-order valence-electron chi connectivity index (χ2n) is 7.23. The van der Waals surface area contributed by atoms with Gasteiger partial charge >= 0.3 is 5.63 Å². The zero-order valence-electron chi connectivity index (χ0n) is 16.9. The molecule has 4 rings (SSSR count). The predicted octanol–water partition coefficient (Wildman–Crippen LogP) is 3.08. The van der Waals surface area contributed by atoms with Gasteiger partial charge in [0, 0.05) is 12.3 Å². The van der Waals surface area contributed by atoms with E-state index in [2.05, 4.69) is 5.73 Å². The number of allylic oxidation sites excluding steroid dienone is 2. The predicted molar refractivity (Wildman–Crippen MR) is 113 cm³/mol. The van der Waals surface area contributed by atoms with Gasteiger partial charge in [-0.1, -0.05) is 18.2 Å². The normalized spacial score (nSPS) is 13.5. The van der Waals surface area contributed by atoms with Gasteiger partial charge in [-0.2, -0.15) is 0 Å². The summed E-state index contributed by atoms with van der Waals surface area (Å²) in [5.74, 6) is 1.51. The molecule has 0 bridgehead atoms. The molecule has 0 radical (unpaired) electrons. The van der Waals surface area contributed by atoms with Crippen molar-refractivity contribution in [3.63, 3.8) is 0 Å². The fourth-order valence-electron chi connectivity index (χ4n) is 3.53. The molecule has 30 heavy (non-hydrogen) atoms. The van der Waals surface area contributed by atoms with Gasteiger partial charge in [0.2, 0.25) is 6.79 Å². The Kier molecular flexibility index (Phi) is 5.74. The zero-order valence-corrected chi connectivity index (χ0v) is 16.9. The largest absolute Gasteiger partial charge is 0.454 e. The topological polar surface area (TPSA) is 112 Å². The van der Waals surface area contributed by atoms with E-state index in [1.165, 1.54) is 0 Å². The summed E-state index contributed by atoms with van der Waals surface area (Å²) in [5.41, 5.74) is 13.9. The molecule has 156 valence electrons. The lowest BCUT2D eigenvalue weighted by Crippen LogP contribution is -2.43. The number of ether oxygens (including phenoxy) is 3. The molecule has 1 aliphatic heterocycles. The lowest BCUT2D eigenvalue weighted by molar-refractivity contribution is -0.253. The number of hydrogen-bond donors (Lipinski definition) is 2. The second kappa shape index (κ2) is 8.61. The SMILES string of the molecule is C/C(=C(/N)CCCOCc1ccc2c(c1)OCO2)c1c([NH3+])c2ccccc2oc1=O. The number of rotatable bonds is 7. The molecule has 0 saturated heterocycles. The van der Waals surface area contributed by atoms with E-state index in [0.29, 0.717) is 47.7 Å². The molecule has 0 spiro atoms. The van der Waals surface area contributed by atoms with Crippen molar-refractivity contribution in [2.24, 2.45) is 5.73 Å². The first-order valence-electron chi connectivity index (χ1n) is 9.84. The third-order valence-corrected chi connectivity index (χ3v) is 5.22. The maximum absolute atomic E-state index is 12.5. The van der Waals surface area contributed by atoms with Crippen molar-refractivity contribution in [3.8, 4) is 11.5 Å². The molecule has 0 saturated carbocycles. The smallest absolute Gasteiger partial charge is 0.350 e. The van der Waals surface area contributed by atoms with Gasteiger partial charge in [0.25, 0.3) is 0 Å². The number of quaternary nitrogens is 1. The van der Waals surface area contributed by atoms with Crippen LogP contribution in [0.15, 0.2) is 57.4 Å². The van der Waals surface area contributed by atoms with Crippen LogP contribution in [0.5, 0.6) is 11.5 Å². The molecule has 2 aromatic carbocycles. The molecule has 0 fully saturated rings. The Morgan fingerprint density at radius 1 is 1.17 bits per heavy atom. The summed E-state index contributed by atoms with van der Waals surface area (Å²) in [4.78, 5) is 12.5. The maximum Gasteiger partial charge on any atom is 0.350 e. The molecule has 0 aliphatic carbocycles. The standard InChI is InChI=1S/C23H24N2O5/c1-14(21-22(25)16-5-2-3-7-18(16)30-23(21)26)17(24)6-4-10-27-12-15-8-9-19-20(11-15)29-13-28-19/h2-3,5,7-9,11H,4,6,10,12-13,24-25H2,1H3/p+1/b17-14-. The van der Waals surface area contributed by atoms with E-state index >= 15 is 0 Å². The van der Waals surface area contributed by atoms with Crippen molar-refractivity contribution in [1.82, 2.24) is 0 Å². The average Bonchev–Trinajstić information content (AvgIpc) is 3.21. The summed E-state index contributed by atoms with van der Waals surface area (Å²) in [5, 5.41) is 0.811. The minimum atomic E-state index is -0.418. The van der Waals surface area contributed by atoms with Crippen LogP contribution in [0.4, 0.5) is 5.69 Å². The van der Waals surface area contributed by atoms with E-state index in [1.54, 1.807) is 6.07 Å². The van der Waals surface area contributed by atoms with Crippen LogP contribution in [0.1, 0.15) is 30.9 Å². The Hall–Kier alpha value is -3.29. The van der Waals surface area contributed by atoms with E-state index in [4.69, 9.17) is 24.4 Å². The number of nitrogens with two attached hydrogens (primary N) is 1. The molecule has 7 nitrogen and oxygen atoms in total. The highest BCUT2D eigenvalue weighted by molar-refractivity contribution is 5.91. The zero-order chi connectivity index (χ0) is 21.1. The van der Waals surface area contributed by atoms with Crippen LogP contribution in [-0.2, 0) is 11.3 Å². The minimum Gasteiger partial charge on any atom is -0.454 e. The first kappa shape index (κ1) is 20.0. The van der Waals surface area contributed by atoms with Gasteiger partial charge in [0.1, 0.15) is 11.1 Å². The molecule has 3 aromatic rings. The molecule has 7 heteroatoms. The molecule has 5 N–H and O–H groups in total. The highest BCUT2D eigenvalue weighted by atomic mass is 16.7. The fourth-order valence-corrected chi connectivity index (χ4v) is 3.53. The van der Waals surface area contributed by atoms with E-state index in [0.717, 1.165) is 28.9 Å². The quantitative estimate of drug-likeness (QED) is 0.458.